The Morgan fingerprint density at radius 3 is 1.33 bits per heavy atom. The molecule has 1 amide bonds. The smallest absolute Gasteiger partial charge is 0.249 e. The molecule has 0 fully saturated rings. The molecule has 0 aliphatic heterocycles. The number of hydrogen-bond donors (Lipinski definition) is 5. The van der Waals surface area contributed by atoms with Crippen molar-refractivity contribution in [1.29, 1.82) is 0 Å². The van der Waals surface area contributed by atoms with Crippen LogP contribution in [0.5, 0.6) is 0 Å². The second-order valence-corrected chi connectivity index (χ2v) is 15.2. The number of unbranched alkanes of at least 4 members (excludes halogenated alkanes) is 28. The molecule has 3 unspecified atom stereocenters. The van der Waals surface area contributed by atoms with Gasteiger partial charge >= 0.3 is 0 Å². The third-order valence-corrected chi connectivity index (χ3v) is 10.4. The van der Waals surface area contributed by atoms with Crippen LogP contribution in [0.2, 0.25) is 0 Å². The van der Waals surface area contributed by atoms with Crippen molar-refractivity contribution in [3.63, 3.8) is 0 Å². The maximum Gasteiger partial charge on any atom is 0.249 e. The summed E-state index contributed by atoms with van der Waals surface area (Å²) >= 11 is 0. The van der Waals surface area contributed by atoms with E-state index in [2.05, 4.69) is 31.3 Å². The fourth-order valence-corrected chi connectivity index (χ4v) is 6.86. The lowest BCUT2D eigenvalue weighted by Gasteiger charge is -2.34. The third-order valence-electron chi connectivity index (χ3n) is 10.4. The number of aliphatic hydroxyl groups is 4. The van der Waals surface area contributed by atoms with Crippen molar-refractivity contribution >= 4 is 5.91 Å². The number of carbonyl (C=O) groups excluding carboxylic acids is 1. The van der Waals surface area contributed by atoms with Crippen LogP contribution in [0.15, 0.2) is 12.2 Å². The minimum absolute atomic E-state index is 0.281. The van der Waals surface area contributed by atoms with Crippen molar-refractivity contribution in [1.82, 2.24) is 5.32 Å². The predicted molar refractivity (Wildman–Crippen MR) is 210 cm³/mol. The Morgan fingerprint density at radius 2 is 0.939 bits per heavy atom. The zero-order chi connectivity index (χ0) is 36.1. The minimum atomic E-state index is -1.60. The molecule has 0 rings (SSSR count). The second-order valence-electron chi connectivity index (χ2n) is 15.2. The van der Waals surface area contributed by atoms with Gasteiger partial charge in [0.15, 0.2) is 0 Å². The highest BCUT2D eigenvalue weighted by molar-refractivity contribution is 5.80. The molecule has 0 aliphatic rings. The van der Waals surface area contributed by atoms with E-state index in [1.807, 2.05) is 0 Å². The standard InChI is InChI=1S/C43H85NO5/c1-3-5-7-9-11-13-14-15-16-17-18-19-20-21-22-23-24-25-26-27-28-29-30-32-34-36-40(47)42(48)44-41(38-45)43(49,39-46)37-35-33-31-12-10-8-6-4-2/h8,10,40-41,45-47,49H,3-7,9,11-39H2,1-2H3,(H,44,48). The van der Waals surface area contributed by atoms with Crippen LogP contribution < -0.4 is 5.32 Å². The van der Waals surface area contributed by atoms with E-state index in [1.165, 1.54) is 141 Å². The van der Waals surface area contributed by atoms with Gasteiger partial charge in [0.05, 0.1) is 19.3 Å². The van der Waals surface area contributed by atoms with Gasteiger partial charge in [-0.3, -0.25) is 4.79 Å². The minimum Gasteiger partial charge on any atom is -0.394 e. The number of hydrogen-bond acceptors (Lipinski definition) is 5. The molecular formula is C43H85NO5. The molecule has 49 heavy (non-hydrogen) atoms. The molecule has 0 aromatic rings. The van der Waals surface area contributed by atoms with E-state index >= 15 is 0 Å². The summed E-state index contributed by atoms with van der Waals surface area (Å²) in [7, 11) is 0. The number of allylic oxidation sites excluding steroid dienone is 2. The van der Waals surface area contributed by atoms with Gasteiger partial charge in [-0.1, -0.05) is 206 Å². The predicted octanol–water partition coefficient (Wildman–Crippen LogP) is 11.0. The lowest BCUT2D eigenvalue weighted by Crippen LogP contribution is -2.58. The van der Waals surface area contributed by atoms with E-state index in [4.69, 9.17) is 0 Å². The van der Waals surface area contributed by atoms with Crippen LogP contribution in [0.3, 0.4) is 0 Å². The zero-order valence-electron chi connectivity index (χ0n) is 32.8. The van der Waals surface area contributed by atoms with Crippen LogP contribution in [-0.2, 0) is 4.79 Å². The van der Waals surface area contributed by atoms with Gasteiger partial charge in [-0.2, -0.15) is 0 Å². The van der Waals surface area contributed by atoms with Crippen molar-refractivity contribution in [2.75, 3.05) is 13.2 Å². The quantitative estimate of drug-likeness (QED) is 0.0325. The highest BCUT2D eigenvalue weighted by Crippen LogP contribution is 2.21. The highest BCUT2D eigenvalue weighted by Gasteiger charge is 2.37. The molecule has 0 spiro atoms. The van der Waals surface area contributed by atoms with Gasteiger partial charge in [0.25, 0.3) is 0 Å². The molecule has 0 aliphatic carbocycles. The van der Waals surface area contributed by atoms with E-state index in [1.54, 1.807) is 0 Å². The Hall–Kier alpha value is -0.950. The monoisotopic (exact) mass is 696 g/mol. The first-order chi connectivity index (χ1) is 23.9. The number of carbonyl (C=O) groups is 1. The van der Waals surface area contributed by atoms with E-state index in [0.29, 0.717) is 12.8 Å². The molecular weight excluding hydrogens is 610 g/mol. The number of amides is 1. The third kappa shape index (κ3) is 30.4. The van der Waals surface area contributed by atoms with E-state index in [9.17, 15) is 25.2 Å². The maximum absolute atomic E-state index is 12.6. The van der Waals surface area contributed by atoms with Crippen molar-refractivity contribution in [3.05, 3.63) is 12.2 Å². The highest BCUT2D eigenvalue weighted by atomic mass is 16.3. The SMILES string of the molecule is CCCC=CCCCCCC(O)(CO)C(CO)NC(=O)C(O)CCCCCCCCCCCCCCCCCCCCCCCCCCC. The van der Waals surface area contributed by atoms with Gasteiger partial charge in [0.2, 0.25) is 5.91 Å². The Morgan fingerprint density at radius 1 is 0.551 bits per heavy atom. The Kier molecular flexibility index (Phi) is 36.1. The molecule has 6 nitrogen and oxygen atoms in total. The van der Waals surface area contributed by atoms with Gasteiger partial charge < -0.3 is 25.7 Å². The molecule has 0 aromatic heterocycles. The summed E-state index contributed by atoms with van der Waals surface area (Å²) < 4.78 is 0. The van der Waals surface area contributed by atoms with Crippen molar-refractivity contribution in [3.8, 4) is 0 Å². The lowest BCUT2D eigenvalue weighted by atomic mass is 9.88. The molecule has 0 aromatic carbocycles. The molecule has 6 heteroatoms. The fraction of sp³-hybridized carbons (Fsp3) is 0.930. The molecule has 0 heterocycles. The topological polar surface area (TPSA) is 110 Å². The largest absolute Gasteiger partial charge is 0.394 e. The van der Waals surface area contributed by atoms with Crippen LogP contribution in [0.25, 0.3) is 0 Å². The van der Waals surface area contributed by atoms with Crippen molar-refractivity contribution in [2.24, 2.45) is 0 Å². The van der Waals surface area contributed by atoms with Crippen LogP contribution >= 0.6 is 0 Å². The normalized spacial score (nSPS) is 14.3. The zero-order valence-corrected chi connectivity index (χ0v) is 32.8. The Bertz CT molecular complexity index is 716. The number of nitrogens with one attached hydrogen (secondary N) is 1. The summed E-state index contributed by atoms with van der Waals surface area (Å²) in [4.78, 5) is 12.6. The van der Waals surface area contributed by atoms with Crippen LogP contribution in [0.1, 0.15) is 226 Å². The van der Waals surface area contributed by atoms with E-state index < -0.39 is 36.9 Å². The summed E-state index contributed by atoms with van der Waals surface area (Å²) in [6.07, 6.45) is 43.2. The molecule has 3 atom stereocenters. The van der Waals surface area contributed by atoms with E-state index in [-0.39, 0.29) is 6.42 Å². The first-order valence-corrected chi connectivity index (χ1v) is 21.5. The average molecular weight is 696 g/mol. The summed E-state index contributed by atoms with van der Waals surface area (Å²) in [6.45, 7) is 3.40. The van der Waals surface area contributed by atoms with Crippen LogP contribution in [0.4, 0.5) is 0 Å². The van der Waals surface area contributed by atoms with Gasteiger partial charge in [-0.05, 0) is 32.1 Å². The van der Waals surface area contributed by atoms with Gasteiger partial charge in [-0.25, -0.2) is 0 Å². The summed E-state index contributed by atoms with van der Waals surface area (Å²) in [5.41, 5.74) is -1.60. The van der Waals surface area contributed by atoms with Crippen molar-refractivity contribution in [2.45, 2.75) is 243 Å². The summed E-state index contributed by atoms with van der Waals surface area (Å²) in [6, 6.07) is -1.01. The fourth-order valence-electron chi connectivity index (χ4n) is 6.86. The number of rotatable bonds is 39. The van der Waals surface area contributed by atoms with Gasteiger partial charge in [0.1, 0.15) is 11.7 Å². The van der Waals surface area contributed by atoms with Gasteiger partial charge in [0, 0.05) is 0 Å². The maximum atomic E-state index is 12.6. The Balaban J connectivity index is 3.66. The van der Waals surface area contributed by atoms with Gasteiger partial charge in [-0.15, -0.1) is 0 Å². The molecule has 5 N–H and O–H groups in total. The van der Waals surface area contributed by atoms with Crippen LogP contribution in [-0.4, -0.2) is 57.3 Å². The number of aliphatic hydroxyl groups excluding tert-OH is 3. The first-order valence-electron chi connectivity index (χ1n) is 21.5. The molecule has 292 valence electrons. The molecule has 0 radical (unpaired) electrons. The summed E-state index contributed by atoms with van der Waals surface area (Å²) in [5.74, 6) is -0.587. The molecule has 0 saturated heterocycles. The summed E-state index contributed by atoms with van der Waals surface area (Å²) in [5, 5.41) is 43.6. The van der Waals surface area contributed by atoms with Crippen molar-refractivity contribution < 1.29 is 25.2 Å². The lowest BCUT2D eigenvalue weighted by molar-refractivity contribution is -0.135. The Labute approximate surface area is 304 Å². The average Bonchev–Trinajstić information content (AvgIpc) is 3.11. The molecule has 0 saturated carbocycles. The second kappa shape index (κ2) is 36.8. The van der Waals surface area contributed by atoms with Crippen LogP contribution in [0, 0.1) is 0 Å². The van der Waals surface area contributed by atoms with E-state index in [0.717, 1.165) is 51.4 Å². The first kappa shape index (κ1) is 48.0. The molecule has 0 bridgehead atoms.